The summed E-state index contributed by atoms with van der Waals surface area (Å²) in [6, 6.07) is 8.61. The minimum Gasteiger partial charge on any atom is -0.355 e. The normalized spacial score (nSPS) is 17.8. The number of rotatable bonds is 6. The maximum atomic E-state index is 12.1. The van der Waals surface area contributed by atoms with E-state index in [9.17, 15) is 4.79 Å². The molecule has 1 amide bonds. The number of nitrogens with one attached hydrogen (secondary N) is 1. The van der Waals surface area contributed by atoms with Crippen molar-refractivity contribution in [3.05, 3.63) is 42.1 Å². The summed E-state index contributed by atoms with van der Waals surface area (Å²) in [6.45, 7) is 4.31. The van der Waals surface area contributed by atoms with E-state index in [4.69, 9.17) is 5.73 Å². The van der Waals surface area contributed by atoms with Gasteiger partial charge in [0.15, 0.2) is 0 Å². The molecule has 0 spiro atoms. The summed E-state index contributed by atoms with van der Waals surface area (Å²) >= 11 is 0. The van der Waals surface area contributed by atoms with E-state index in [2.05, 4.69) is 53.3 Å². The summed E-state index contributed by atoms with van der Waals surface area (Å²) in [7, 11) is 0. The molecule has 1 aliphatic carbocycles. The summed E-state index contributed by atoms with van der Waals surface area (Å²) in [5.41, 5.74) is 9.47. The van der Waals surface area contributed by atoms with Gasteiger partial charge < -0.3 is 15.6 Å². The molecule has 1 heterocycles. The van der Waals surface area contributed by atoms with E-state index in [0.29, 0.717) is 13.1 Å². The van der Waals surface area contributed by atoms with Crippen molar-refractivity contribution in [1.29, 1.82) is 0 Å². The lowest BCUT2D eigenvalue weighted by Gasteiger charge is -2.21. The molecule has 1 aliphatic rings. The zero-order chi connectivity index (χ0) is 16.9. The van der Waals surface area contributed by atoms with Crippen LogP contribution in [0.2, 0.25) is 0 Å². The van der Waals surface area contributed by atoms with Crippen LogP contribution in [-0.4, -0.2) is 23.6 Å². The fourth-order valence-electron chi connectivity index (χ4n) is 3.59. The summed E-state index contributed by atoms with van der Waals surface area (Å²) in [6.07, 6.45) is 8.36. The molecule has 3 rings (SSSR count). The number of carbonyl (C=O) groups is 1. The first-order chi connectivity index (χ1) is 11.7. The van der Waals surface area contributed by atoms with Crippen LogP contribution in [0.4, 0.5) is 0 Å². The molecule has 128 valence electrons. The fourth-order valence-corrected chi connectivity index (χ4v) is 3.59. The zero-order valence-electron chi connectivity index (χ0n) is 14.4. The van der Waals surface area contributed by atoms with Crippen LogP contribution >= 0.6 is 0 Å². The molecule has 0 saturated carbocycles. The Morgan fingerprint density at radius 2 is 2.21 bits per heavy atom. The molecular weight excluding hydrogens is 298 g/mol. The standard InChI is InChI=1S/C20H27N3O/c1-2-13-23-14-18(17-5-3-4-6-19(17)23)15-7-9-16(10-8-15)20(24)22-12-11-21/h3-7,14,16H,2,8-13,21H2,1H3,(H,22,24). The quantitative estimate of drug-likeness (QED) is 0.856. The number of aromatic nitrogens is 1. The Labute approximate surface area is 143 Å². The number of aryl methyl sites for hydroxylation is 1. The number of fused-ring (bicyclic) bond motifs is 1. The fraction of sp³-hybridized carbons (Fsp3) is 0.450. The van der Waals surface area contributed by atoms with Gasteiger partial charge in [-0.25, -0.2) is 0 Å². The summed E-state index contributed by atoms with van der Waals surface area (Å²) < 4.78 is 2.35. The number of nitrogens with zero attached hydrogens (tertiary/aromatic N) is 1. The molecule has 1 atom stereocenters. The molecule has 24 heavy (non-hydrogen) atoms. The number of hydrogen-bond donors (Lipinski definition) is 2. The third kappa shape index (κ3) is 3.39. The molecule has 4 nitrogen and oxygen atoms in total. The van der Waals surface area contributed by atoms with E-state index in [1.54, 1.807) is 0 Å². The van der Waals surface area contributed by atoms with Crippen molar-refractivity contribution in [2.75, 3.05) is 13.1 Å². The minimum atomic E-state index is 0.0873. The van der Waals surface area contributed by atoms with E-state index < -0.39 is 0 Å². The van der Waals surface area contributed by atoms with Gasteiger partial charge in [0.2, 0.25) is 5.91 Å². The number of carbonyl (C=O) groups excluding carboxylic acids is 1. The molecule has 1 aromatic carbocycles. The van der Waals surface area contributed by atoms with Gasteiger partial charge in [-0.1, -0.05) is 31.2 Å². The highest BCUT2D eigenvalue weighted by molar-refractivity contribution is 5.93. The van der Waals surface area contributed by atoms with Gasteiger partial charge in [-0.15, -0.1) is 0 Å². The first kappa shape index (κ1) is 16.8. The van der Waals surface area contributed by atoms with Gasteiger partial charge in [-0.2, -0.15) is 0 Å². The van der Waals surface area contributed by atoms with Crippen molar-refractivity contribution in [3.63, 3.8) is 0 Å². The Kier molecular flexibility index (Phi) is 5.36. The van der Waals surface area contributed by atoms with E-state index >= 15 is 0 Å². The van der Waals surface area contributed by atoms with Crippen LogP contribution in [0, 0.1) is 5.92 Å². The van der Waals surface area contributed by atoms with E-state index in [1.807, 2.05) is 0 Å². The Morgan fingerprint density at radius 1 is 1.38 bits per heavy atom. The molecule has 3 N–H and O–H groups in total. The molecule has 4 heteroatoms. The lowest BCUT2D eigenvalue weighted by Crippen LogP contribution is -2.34. The average Bonchev–Trinajstić information content (AvgIpc) is 2.99. The highest BCUT2D eigenvalue weighted by Crippen LogP contribution is 2.35. The van der Waals surface area contributed by atoms with Crippen molar-refractivity contribution in [3.8, 4) is 0 Å². The predicted octanol–water partition coefficient (Wildman–Crippen LogP) is 3.31. The first-order valence-electron chi connectivity index (χ1n) is 8.99. The van der Waals surface area contributed by atoms with Crippen molar-refractivity contribution in [2.24, 2.45) is 11.7 Å². The van der Waals surface area contributed by atoms with Crippen molar-refractivity contribution in [2.45, 2.75) is 39.2 Å². The van der Waals surface area contributed by atoms with Gasteiger partial charge in [0.05, 0.1) is 0 Å². The number of amides is 1. The number of nitrogens with two attached hydrogens (primary N) is 1. The summed E-state index contributed by atoms with van der Waals surface area (Å²) in [5, 5.41) is 4.23. The van der Waals surface area contributed by atoms with Crippen molar-refractivity contribution < 1.29 is 4.79 Å². The van der Waals surface area contributed by atoms with Gasteiger partial charge in [-0.3, -0.25) is 4.79 Å². The van der Waals surface area contributed by atoms with Crippen LogP contribution < -0.4 is 11.1 Å². The molecule has 0 aliphatic heterocycles. The Hall–Kier alpha value is -2.07. The Balaban J connectivity index is 1.82. The van der Waals surface area contributed by atoms with E-state index in [0.717, 1.165) is 32.2 Å². The molecule has 0 radical (unpaired) electrons. The van der Waals surface area contributed by atoms with Crippen molar-refractivity contribution >= 4 is 22.4 Å². The third-order valence-electron chi connectivity index (χ3n) is 4.82. The lowest BCUT2D eigenvalue weighted by molar-refractivity contribution is -0.125. The molecule has 1 unspecified atom stereocenters. The number of hydrogen-bond acceptors (Lipinski definition) is 2. The lowest BCUT2D eigenvalue weighted by atomic mass is 9.86. The highest BCUT2D eigenvalue weighted by Gasteiger charge is 2.23. The summed E-state index contributed by atoms with van der Waals surface area (Å²) in [5.74, 6) is 0.230. The maximum Gasteiger partial charge on any atom is 0.223 e. The third-order valence-corrected chi connectivity index (χ3v) is 4.82. The molecule has 0 fully saturated rings. The van der Waals surface area contributed by atoms with Gasteiger partial charge >= 0.3 is 0 Å². The van der Waals surface area contributed by atoms with Crippen LogP contribution in [0.5, 0.6) is 0 Å². The highest BCUT2D eigenvalue weighted by atomic mass is 16.1. The Bertz CT molecular complexity index is 744. The molecule has 1 aromatic heterocycles. The second-order valence-corrected chi connectivity index (χ2v) is 6.53. The number of allylic oxidation sites excluding steroid dienone is 2. The van der Waals surface area contributed by atoms with Crippen LogP contribution in [0.15, 0.2) is 36.5 Å². The smallest absolute Gasteiger partial charge is 0.223 e. The van der Waals surface area contributed by atoms with E-state index in [-0.39, 0.29) is 11.8 Å². The van der Waals surface area contributed by atoms with Crippen LogP contribution in [-0.2, 0) is 11.3 Å². The largest absolute Gasteiger partial charge is 0.355 e. The molecular formula is C20H27N3O. The van der Waals surface area contributed by atoms with Crippen LogP contribution in [0.3, 0.4) is 0 Å². The Morgan fingerprint density at radius 3 is 2.92 bits per heavy atom. The molecule has 2 aromatic rings. The van der Waals surface area contributed by atoms with Crippen molar-refractivity contribution in [1.82, 2.24) is 9.88 Å². The number of benzene rings is 1. The number of para-hydroxylation sites is 1. The van der Waals surface area contributed by atoms with Gasteiger partial charge in [0, 0.05) is 48.2 Å². The first-order valence-corrected chi connectivity index (χ1v) is 8.99. The van der Waals surface area contributed by atoms with E-state index in [1.165, 1.54) is 22.0 Å². The molecule has 0 saturated heterocycles. The second kappa shape index (κ2) is 7.67. The van der Waals surface area contributed by atoms with Gasteiger partial charge in [0.25, 0.3) is 0 Å². The maximum absolute atomic E-state index is 12.1. The molecule has 0 bridgehead atoms. The van der Waals surface area contributed by atoms with Gasteiger partial charge in [0.1, 0.15) is 0 Å². The SMILES string of the molecule is CCCn1cc(C2=CCC(C(=O)NCCN)CC2)c2ccccc21. The monoisotopic (exact) mass is 325 g/mol. The topological polar surface area (TPSA) is 60.0 Å². The van der Waals surface area contributed by atoms with Crippen LogP contribution in [0.1, 0.15) is 38.2 Å². The minimum absolute atomic E-state index is 0.0873. The zero-order valence-corrected chi connectivity index (χ0v) is 14.4. The second-order valence-electron chi connectivity index (χ2n) is 6.53. The predicted molar refractivity (Wildman–Crippen MR) is 99.6 cm³/mol. The van der Waals surface area contributed by atoms with Crippen LogP contribution in [0.25, 0.3) is 16.5 Å². The summed E-state index contributed by atoms with van der Waals surface area (Å²) in [4.78, 5) is 12.1. The van der Waals surface area contributed by atoms with Gasteiger partial charge in [-0.05, 0) is 37.3 Å². The average molecular weight is 325 g/mol.